The number of nitrogens with two attached hydrogens (primary N) is 1. The van der Waals surface area contributed by atoms with E-state index in [1.54, 1.807) is 6.07 Å². The van der Waals surface area contributed by atoms with Crippen LogP contribution in [0.1, 0.15) is 31.2 Å². The Hall–Kier alpha value is -1.00. The van der Waals surface area contributed by atoms with Gasteiger partial charge in [-0.05, 0) is 51.1 Å². The highest BCUT2D eigenvalue weighted by atomic mass is 19.2. The van der Waals surface area contributed by atoms with Gasteiger partial charge in [0, 0.05) is 11.6 Å². The van der Waals surface area contributed by atoms with Crippen LogP contribution in [0.3, 0.4) is 0 Å². The average Bonchev–Trinajstić information content (AvgIpc) is 2.84. The molecule has 0 saturated heterocycles. The molecular formula is C15H22F2N2. The van der Waals surface area contributed by atoms with E-state index in [2.05, 4.69) is 19.0 Å². The largest absolute Gasteiger partial charge is 0.326 e. The van der Waals surface area contributed by atoms with Crippen molar-refractivity contribution in [1.29, 1.82) is 0 Å². The van der Waals surface area contributed by atoms with Crippen LogP contribution in [-0.4, -0.2) is 30.6 Å². The van der Waals surface area contributed by atoms with Crippen molar-refractivity contribution < 1.29 is 8.78 Å². The topological polar surface area (TPSA) is 29.3 Å². The zero-order chi connectivity index (χ0) is 14.0. The number of benzene rings is 1. The third-order valence-electron chi connectivity index (χ3n) is 4.49. The minimum absolute atomic E-state index is 0.00907. The third kappa shape index (κ3) is 2.79. The van der Waals surface area contributed by atoms with Crippen molar-refractivity contribution in [2.24, 2.45) is 5.73 Å². The Morgan fingerprint density at radius 3 is 2.37 bits per heavy atom. The van der Waals surface area contributed by atoms with Gasteiger partial charge in [-0.15, -0.1) is 0 Å². The predicted molar refractivity (Wildman–Crippen MR) is 72.9 cm³/mol. The first-order chi connectivity index (χ1) is 8.95. The maximum Gasteiger partial charge on any atom is 0.159 e. The molecule has 106 valence electrons. The molecule has 1 fully saturated rings. The van der Waals surface area contributed by atoms with E-state index in [9.17, 15) is 8.78 Å². The van der Waals surface area contributed by atoms with Gasteiger partial charge in [-0.2, -0.15) is 0 Å². The number of rotatable bonds is 4. The number of halogens is 2. The van der Waals surface area contributed by atoms with Gasteiger partial charge in [0.25, 0.3) is 0 Å². The molecule has 1 atom stereocenters. The second-order valence-electron chi connectivity index (χ2n) is 5.76. The van der Waals surface area contributed by atoms with Crippen LogP contribution in [0.5, 0.6) is 0 Å². The molecule has 1 aliphatic carbocycles. The van der Waals surface area contributed by atoms with E-state index in [1.807, 2.05) is 0 Å². The van der Waals surface area contributed by atoms with Gasteiger partial charge in [0.1, 0.15) is 0 Å². The minimum atomic E-state index is -0.805. The average molecular weight is 268 g/mol. The second-order valence-corrected chi connectivity index (χ2v) is 5.76. The van der Waals surface area contributed by atoms with Crippen LogP contribution in [0, 0.1) is 11.6 Å². The number of hydrogen-bond acceptors (Lipinski definition) is 2. The summed E-state index contributed by atoms with van der Waals surface area (Å²) in [5, 5.41) is 0. The van der Waals surface area contributed by atoms with E-state index in [0.717, 1.165) is 18.4 Å². The molecule has 4 heteroatoms. The molecule has 1 aromatic carbocycles. The Morgan fingerprint density at radius 1 is 1.21 bits per heavy atom. The number of hydrogen-bond donors (Lipinski definition) is 1. The maximum atomic E-state index is 13.2. The molecule has 0 heterocycles. The van der Waals surface area contributed by atoms with Crippen LogP contribution < -0.4 is 5.73 Å². The lowest BCUT2D eigenvalue weighted by Crippen LogP contribution is -2.56. The zero-order valence-corrected chi connectivity index (χ0v) is 11.6. The van der Waals surface area contributed by atoms with Crippen molar-refractivity contribution in [2.75, 3.05) is 14.1 Å². The van der Waals surface area contributed by atoms with Crippen LogP contribution >= 0.6 is 0 Å². The predicted octanol–water partition coefficient (Wildman–Crippen LogP) is 2.71. The Morgan fingerprint density at radius 2 is 1.84 bits per heavy atom. The van der Waals surface area contributed by atoms with E-state index >= 15 is 0 Å². The Kier molecular flexibility index (Phi) is 4.21. The molecule has 1 aliphatic rings. The quantitative estimate of drug-likeness (QED) is 0.909. The summed E-state index contributed by atoms with van der Waals surface area (Å²) < 4.78 is 26.2. The fourth-order valence-electron chi connectivity index (χ4n) is 3.25. The molecule has 0 spiro atoms. The highest BCUT2D eigenvalue weighted by Gasteiger charge is 2.41. The monoisotopic (exact) mass is 268 g/mol. The first-order valence-electron chi connectivity index (χ1n) is 6.82. The van der Waals surface area contributed by atoms with Gasteiger partial charge in [-0.1, -0.05) is 18.9 Å². The lowest BCUT2D eigenvalue weighted by Gasteiger charge is -2.41. The second kappa shape index (κ2) is 5.55. The van der Waals surface area contributed by atoms with Crippen molar-refractivity contribution in [3.63, 3.8) is 0 Å². The summed E-state index contributed by atoms with van der Waals surface area (Å²) in [4.78, 5) is 2.20. The highest BCUT2D eigenvalue weighted by molar-refractivity contribution is 5.20. The molecule has 0 aliphatic heterocycles. The molecule has 2 nitrogen and oxygen atoms in total. The van der Waals surface area contributed by atoms with Crippen LogP contribution in [0.15, 0.2) is 18.2 Å². The fourth-order valence-corrected chi connectivity index (χ4v) is 3.25. The van der Waals surface area contributed by atoms with Gasteiger partial charge in [0.05, 0.1) is 0 Å². The number of likely N-dealkylation sites (N-methyl/N-ethyl adjacent to an activating group) is 1. The first kappa shape index (κ1) is 14.4. The maximum absolute atomic E-state index is 13.2. The Balaban J connectivity index is 2.15. The van der Waals surface area contributed by atoms with E-state index < -0.39 is 11.6 Å². The lowest BCUT2D eigenvalue weighted by molar-refractivity contribution is 0.123. The van der Waals surface area contributed by atoms with Gasteiger partial charge in [-0.25, -0.2) is 8.78 Å². The third-order valence-corrected chi connectivity index (χ3v) is 4.49. The number of nitrogens with zero attached hydrogens (tertiary/aromatic N) is 1. The molecule has 0 radical (unpaired) electrons. The molecular weight excluding hydrogens is 246 g/mol. The first-order valence-corrected chi connectivity index (χ1v) is 6.82. The van der Waals surface area contributed by atoms with E-state index in [-0.39, 0.29) is 11.6 Å². The molecule has 1 unspecified atom stereocenters. The molecule has 0 amide bonds. The standard InChI is InChI=1S/C15H22F2N2/c1-19(2)15(7-3-4-8-15)14(18)10-11-5-6-12(16)13(17)9-11/h5-6,9,14H,3-4,7-8,10,18H2,1-2H3. The van der Waals surface area contributed by atoms with E-state index in [4.69, 9.17) is 5.73 Å². The van der Waals surface area contributed by atoms with Crippen molar-refractivity contribution in [3.8, 4) is 0 Å². The summed E-state index contributed by atoms with van der Waals surface area (Å²) in [6, 6.07) is 3.99. The van der Waals surface area contributed by atoms with Crippen molar-refractivity contribution in [2.45, 2.75) is 43.7 Å². The zero-order valence-electron chi connectivity index (χ0n) is 11.6. The van der Waals surface area contributed by atoms with Crippen LogP contribution in [0.2, 0.25) is 0 Å². The van der Waals surface area contributed by atoms with Gasteiger partial charge < -0.3 is 10.6 Å². The van der Waals surface area contributed by atoms with Crippen molar-refractivity contribution in [1.82, 2.24) is 4.90 Å². The molecule has 2 N–H and O–H groups in total. The van der Waals surface area contributed by atoms with Crippen LogP contribution in [0.25, 0.3) is 0 Å². The highest BCUT2D eigenvalue weighted by Crippen LogP contribution is 2.37. The van der Waals surface area contributed by atoms with Crippen LogP contribution in [-0.2, 0) is 6.42 Å². The Bertz CT molecular complexity index is 440. The summed E-state index contributed by atoms with van der Waals surface area (Å²) >= 11 is 0. The lowest BCUT2D eigenvalue weighted by atomic mass is 9.83. The Labute approximate surface area is 113 Å². The van der Waals surface area contributed by atoms with Gasteiger partial charge in [-0.3, -0.25) is 0 Å². The normalized spacial score (nSPS) is 19.9. The van der Waals surface area contributed by atoms with Crippen LogP contribution in [0.4, 0.5) is 8.78 Å². The van der Waals surface area contributed by atoms with Crippen molar-refractivity contribution in [3.05, 3.63) is 35.4 Å². The fraction of sp³-hybridized carbons (Fsp3) is 0.600. The molecule has 1 aromatic rings. The molecule has 1 saturated carbocycles. The summed E-state index contributed by atoms with van der Waals surface area (Å²) in [5.74, 6) is -1.60. The van der Waals surface area contributed by atoms with Crippen molar-refractivity contribution >= 4 is 0 Å². The molecule has 2 rings (SSSR count). The summed E-state index contributed by atoms with van der Waals surface area (Å²) in [6.07, 6.45) is 5.10. The smallest absolute Gasteiger partial charge is 0.159 e. The van der Waals surface area contributed by atoms with E-state index in [1.165, 1.54) is 25.0 Å². The minimum Gasteiger partial charge on any atom is -0.326 e. The van der Waals surface area contributed by atoms with Gasteiger partial charge in [0.15, 0.2) is 11.6 Å². The SMILES string of the molecule is CN(C)C1(C(N)Cc2ccc(F)c(F)c2)CCCC1. The van der Waals surface area contributed by atoms with Gasteiger partial charge >= 0.3 is 0 Å². The van der Waals surface area contributed by atoms with E-state index in [0.29, 0.717) is 6.42 Å². The summed E-state index contributed by atoms with van der Waals surface area (Å²) in [6.45, 7) is 0. The molecule has 0 bridgehead atoms. The van der Waals surface area contributed by atoms with Gasteiger partial charge in [0.2, 0.25) is 0 Å². The molecule has 0 aromatic heterocycles. The summed E-state index contributed by atoms with van der Waals surface area (Å²) in [5.41, 5.74) is 7.13. The molecule has 19 heavy (non-hydrogen) atoms. The summed E-state index contributed by atoms with van der Waals surface area (Å²) in [7, 11) is 4.10.